The molecule has 6 heteroatoms. The number of hydrogen-bond acceptors (Lipinski definition) is 5. The van der Waals surface area contributed by atoms with E-state index in [0.717, 1.165) is 30.5 Å². The molecule has 1 aliphatic rings. The summed E-state index contributed by atoms with van der Waals surface area (Å²) in [6.45, 7) is -0.148. The predicted molar refractivity (Wildman–Crippen MR) is 73.4 cm³/mol. The minimum atomic E-state index is -0.908. The van der Waals surface area contributed by atoms with E-state index in [9.17, 15) is 4.79 Å². The molecule has 3 rings (SSSR count). The van der Waals surface area contributed by atoms with Crippen LogP contribution in [-0.2, 0) is 17.6 Å². The number of nitrogens with one attached hydrogen (secondary N) is 1. The Morgan fingerprint density at radius 2 is 2.20 bits per heavy atom. The van der Waals surface area contributed by atoms with E-state index in [-0.39, 0.29) is 6.54 Å². The lowest BCUT2D eigenvalue weighted by Gasteiger charge is -2.10. The molecule has 0 aromatic carbocycles. The summed E-state index contributed by atoms with van der Waals surface area (Å²) < 4.78 is 0. The number of fused-ring (bicyclic) bond motifs is 1. The summed E-state index contributed by atoms with van der Waals surface area (Å²) in [6.07, 6.45) is 4.51. The van der Waals surface area contributed by atoms with Gasteiger partial charge in [-0.1, -0.05) is 6.07 Å². The molecule has 0 spiro atoms. The van der Waals surface area contributed by atoms with E-state index in [2.05, 4.69) is 20.3 Å². The van der Waals surface area contributed by atoms with Crippen LogP contribution in [-0.4, -0.2) is 32.6 Å². The molecule has 0 fully saturated rings. The minimum absolute atomic E-state index is 0.148. The Balaban J connectivity index is 2.00. The maximum Gasteiger partial charge on any atom is 0.322 e. The summed E-state index contributed by atoms with van der Waals surface area (Å²) in [7, 11) is 0. The second-order valence-electron chi connectivity index (χ2n) is 4.64. The fourth-order valence-corrected chi connectivity index (χ4v) is 2.35. The summed E-state index contributed by atoms with van der Waals surface area (Å²) in [5, 5.41) is 11.7. The number of carbonyl (C=O) groups is 1. The fourth-order valence-electron chi connectivity index (χ4n) is 2.35. The van der Waals surface area contributed by atoms with Crippen molar-refractivity contribution in [1.82, 2.24) is 15.0 Å². The molecule has 2 N–H and O–H groups in total. The first kappa shape index (κ1) is 12.5. The van der Waals surface area contributed by atoms with Gasteiger partial charge in [-0.3, -0.25) is 9.78 Å². The standard InChI is InChI=1S/C14H14N4O2/c19-12(20)8-16-13-9-4-3-6-10(9)17-14(18-13)11-5-1-2-7-15-11/h1-2,5,7H,3-4,6,8H2,(H,19,20)(H,16,17,18). The third-order valence-corrected chi connectivity index (χ3v) is 3.23. The first-order valence-corrected chi connectivity index (χ1v) is 6.51. The van der Waals surface area contributed by atoms with Crippen molar-refractivity contribution in [2.75, 3.05) is 11.9 Å². The van der Waals surface area contributed by atoms with Crippen molar-refractivity contribution < 1.29 is 9.90 Å². The van der Waals surface area contributed by atoms with Crippen LogP contribution in [0.2, 0.25) is 0 Å². The lowest BCUT2D eigenvalue weighted by molar-refractivity contribution is -0.134. The average molecular weight is 270 g/mol. The summed E-state index contributed by atoms with van der Waals surface area (Å²) in [5.41, 5.74) is 2.72. The quantitative estimate of drug-likeness (QED) is 0.875. The van der Waals surface area contributed by atoms with Gasteiger partial charge in [0.25, 0.3) is 0 Å². The molecule has 0 amide bonds. The Hall–Kier alpha value is -2.50. The molecule has 0 bridgehead atoms. The molecule has 2 aromatic rings. The number of carboxylic acids is 1. The molecule has 0 radical (unpaired) electrons. The average Bonchev–Trinajstić information content (AvgIpc) is 2.94. The van der Waals surface area contributed by atoms with Crippen molar-refractivity contribution in [3.63, 3.8) is 0 Å². The Kier molecular flexibility index (Phi) is 3.28. The molecule has 0 atom stereocenters. The molecular weight excluding hydrogens is 256 g/mol. The zero-order valence-electron chi connectivity index (χ0n) is 10.8. The lowest BCUT2D eigenvalue weighted by Crippen LogP contribution is -2.15. The summed E-state index contributed by atoms with van der Waals surface area (Å²) in [5.74, 6) is 0.254. The van der Waals surface area contributed by atoms with Crippen molar-refractivity contribution in [2.24, 2.45) is 0 Å². The third-order valence-electron chi connectivity index (χ3n) is 3.23. The van der Waals surface area contributed by atoms with Gasteiger partial charge in [0.05, 0.1) is 0 Å². The van der Waals surface area contributed by atoms with Gasteiger partial charge in [-0.25, -0.2) is 9.97 Å². The van der Waals surface area contributed by atoms with Crippen LogP contribution in [0.15, 0.2) is 24.4 Å². The molecule has 2 aromatic heterocycles. The van der Waals surface area contributed by atoms with Crippen LogP contribution in [0.4, 0.5) is 5.82 Å². The highest BCUT2D eigenvalue weighted by Gasteiger charge is 2.20. The largest absolute Gasteiger partial charge is 0.480 e. The van der Waals surface area contributed by atoms with Gasteiger partial charge >= 0.3 is 5.97 Å². The highest BCUT2D eigenvalue weighted by molar-refractivity contribution is 5.73. The lowest BCUT2D eigenvalue weighted by atomic mass is 10.2. The fraction of sp³-hybridized carbons (Fsp3) is 0.286. The van der Waals surface area contributed by atoms with Crippen LogP contribution in [0.25, 0.3) is 11.5 Å². The monoisotopic (exact) mass is 270 g/mol. The highest BCUT2D eigenvalue weighted by Crippen LogP contribution is 2.28. The second kappa shape index (κ2) is 5.24. The van der Waals surface area contributed by atoms with Crippen LogP contribution >= 0.6 is 0 Å². The van der Waals surface area contributed by atoms with E-state index in [4.69, 9.17) is 5.11 Å². The maximum atomic E-state index is 10.7. The molecule has 0 saturated carbocycles. The van der Waals surface area contributed by atoms with Gasteiger partial charge in [0.1, 0.15) is 18.1 Å². The number of anilines is 1. The molecule has 6 nitrogen and oxygen atoms in total. The minimum Gasteiger partial charge on any atom is -0.480 e. The number of aromatic nitrogens is 3. The van der Waals surface area contributed by atoms with Crippen LogP contribution in [0.5, 0.6) is 0 Å². The number of rotatable bonds is 4. The van der Waals surface area contributed by atoms with E-state index in [1.807, 2.05) is 18.2 Å². The topological polar surface area (TPSA) is 88.0 Å². The normalized spacial score (nSPS) is 13.0. The predicted octanol–water partition coefficient (Wildman–Crippen LogP) is 1.52. The van der Waals surface area contributed by atoms with Crippen molar-refractivity contribution >= 4 is 11.8 Å². The number of aliphatic carboxylic acids is 1. The molecular formula is C14H14N4O2. The number of pyridine rings is 1. The van der Waals surface area contributed by atoms with Crippen molar-refractivity contribution in [3.8, 4) is 11.5 Å². The van der Waals surface area contributed by atoms with E-state index in [1.54, 1.807) is 6.20 Å². The van der Waals surface area contributed by atoms with E-state index in [1.165, 1.54) is 0 Å². The van der Waals surface area contributed by atoms with Crippen LogP contribution < -0.4 is 5.32 Å². The number of carboxylic acid groups (broad SMARTS) is 1. The molecule has 20 heavy (non-hydrogen) atoms. The van der Waals surface area contributed by atoms with Gasteiger partial charge in [-0.15, -0.1) is 0 Å². The van der Waals surface area contributed by atoms with E-state index < -0.39 is 5.97 Å². The second-order valence-corrected chi connectivity index (χ2v) is 4.64. The zero-order chi connectivity index (χ0) is 13.9. The summed E-state index contributed by atoms with van der Waals surface area (Å²) in [6, 6.07) is 5.56. The van der Waals surface area contributed by atoms with Crippen molar-refractivity contribution in [3.05, 3.63) is 35.7 Å². The maximum absolute atomic E-state index is 10.7. The third kappa shape index (κ3) is 2.45. The van der Waals surface area contributed by atoms with Crippen LogP contribution in [0.3, 0.4) is 0 Å². The first-order valence-electron chi connectivity index (χ1n) is 6.51. The van der Waals surface area contributed by atoms with Crippen LogP contribution in [0, 0.1) is 0 Å². The Bertz CT molecular complexity index is 643. The molecule has 1 aliphatic carbocycles. The Morgan fingerprint density at radius 1 is 1.30 bits per heavy atom. The van der Waals surface area contributed by atoms with Gasteiger partial charge < -0.3 is 10.4 Å². The highest BCUT2D eigenvalue weighted by atomic mass is 16.4. The number of aryl methyl sites for hydroxylation is 1. The molecule has 2 heterocycles. The van der Waals surface area contributed by atoms with Gasteiger partial charge in [0, 0.05) is 17.5 Å². The smallest absolute Gasteiger partial charge is 0.322 e. The Morgan fingerprint density at radius 3 is 2.95 bits per heavy atom. The molecule has 0 saturated heterocycles. The summed E-state index contributed by atoms with van der Waals surface area (Å²) in [4.78, 5) is 23.9. The van der Waals surface area contributed by atoms with E-state index >= 15 is 0 Å². The molecule has 0 aliphatic heterocycles. The van der Waals surface area contributed by atoms with Gasteiger partial charge in [-0.05, 0) is 31.4 Å². The van der Waals surface area contributed by atoms with E-state index in [0.29, 0.717) is 17.3 Å². The summed E-state index contributed by atoms with van der Waals surface area (Å²) >= 11 is 0. The van der Waals surface area contributed by atoms with Gasteiger partial charge in [0.2, 0.25) is 0 Å². The molecule has 102 valence electrons. The van der Waals surface area contributed by atoms with Crippen molar-refractivity contribution in [1.29, 1.82) is 0 Å². The van der Waals surface area contributed by atoms with Crippen LogP contribution in [0.1, 0.15) is 17.7 Å². The molecule has 0 unspecified atom stereocenters. The zero-order valence-corrected chi connectivity index (χ0v) is 10.8. The number of hydrogen-bond donors (Lipinski definition) is 2. The van der Waals surface area contributed by atoms with Gasteiger partial charge in [0.15, 0.2) is 5.82 Å². The number of nitrogens with zero attached hydrogens (tertiary/aromatic N) is 3. The first-order chi connectivity index (χ1) is 9.74. The Labute approximate surface area is 115 Å². The van der Waals surface area contributed by atoms with Crippen molar-refractivity contribution in [2.45, 2.75) is 19.3 Å². The SMILES string of the molecule is O=C(O)CNc1nc(-c2ccccn2)nc2c1CCC2. The van der Waals surface area contributed by atoms with Gasteiger partial charge in [-0.2, -0.15) is 0 Å².